The van der Waals surface area contributed by atoms with Crippen molar-refractivity contribution in [3.05, 3.63) is 242 Å². The second-order valence-electron chi connectivity index (χ2n) is 17.8. The van der Waals surface area contributed by atoms with Crippen molar-refractivity contribution >= 4 is 76.3 Å². The molecular formula is C64H39N5. The molecule has 0 saturated carbocycles. The molecule has 320 valence electrons. The zero-order valence-corrected chi connectivity index (χ0v) is 37.3. The van der Waals surface area contributed by atoms with Crippen LogP contribution in [0.3, 0.4) is 0 Å². The summed E-state index contributed by atoms with van der Waals surface area (Å²) >= 11 is 0. The molecule has 4 aromatic heterocycles. The van der Waals surface area contributed by atoms with Crippen molar-refractivity contribution in [3.63, 3.8) is 0 Å². The minimum atomic E-state index is 0.607. The van der Waals surface area contributed by atoms with E-state index in [9.17, 15) is 5.26 Å². The lowest BCUT2D eigenvalue weighted by Crippen LogP contribution is -2.04. The molecule has 4 heterocycles. The molecule has 0 bridgehead atoms. The highest BCUT2D eigenvalue weighted by molar-refractivity contribution is 6.15. The van der Waals surface area contributed by atoms with E-state index in [0.717, 1.165) is 83.3 Å². The normalized spacial score (nSPS) is 11.8. The predicted octanol–water partition coefficient (Wildman–Crippen LogP) is 16.4. The van der Waals surface area contributed by atoms with Crippen LogP contribution in [0.4, 0.5) is 0 Å². The van der Waals surface area contributed by atoms with Gasteiger partial charge >= 0.3 is 0 Å². The highest BCUT2D eigenvalue weighted by atomic mass is 15.1. The molecule has 0 aliphatic carbocycles. The van der Waals surface area contributed by atoms with E-state index in [0.29, 0.717) is 5.56 Å². The fourth-order valence-corrected chi connectivity index (χ4v) is 11.0. The van der Waals surface area contributed by atoms with Gasteiger partial charge in [-0.3, -0.25) is 4.57 Å². The quantitative estimate of drug-likeness (QED) is 0.167. The van der Waals surface area contributed by atoms with Crippen LogP contribution in [0, 0.1) is 11.3 Å². The molecule has 0 radical (unpaired) electrons. The predicted molar refractivity (Wildman–Crippen MR) is 286 cm³/mol. The molecule has 10 aromatic carbocycles. The number of fused-ring (bicyclic) bond motifs is 10. The van der Waals surface area contributed by atoms with Gasteiger partial charge in [0.15, 0.2) is 0 Å². The van der Waals surface area contributed by atoms with E-state index in [1.807, 2.05) is 42.5 Å². The molecule has 0 N–H and O–H groups in total. The average molecular weight is 878 g/mol. The van der Waals surface area contributed by atoms with E-state index in [1.54, 1.807) is 0 Å². The van der Waals surface area contributed by atoms with Gasteiger partial charge in [0.2, 0.25) is 0 Å². The molecule has 0 amide bonds. The molecule has 0 atom stereocenters. The van der Waals surface area contributed by atoms with Gasteiger partial charge in [0.1, 0.15) is 11.9 Å². The number of pyridine rings is 1. The second-order valence-corrected chi connectivity index (χ2v) is 17.8. The Labute approximate surface area is 397 Å². The third-order valence-electron chi connectivity index (χ3n) is 14.1. The summed E-state index contributed by atoms with van der Waals surface area (Å²) in [6, 6.07) is 86.8. The van der Waals surface area contributed by atoms with Crippen molar-refractivity contribution in [2.24, 2.45) is 0 Å². The van der Waals surface area contributed by atoms with Gasteiger partial charge in [0, 0.05) is 54.6 Å². The minimum absolute atomic E-state index is 0.607. The topological polar surface area (TPSA) is 51.5 Å². The number of rotatable bonds is 6. The molecular weight excluding hydrogens is 839 g/mol. The van der Waals surface area contributed by atoms with Crippen molar-refractivity contribution in [2.45, 2.75) is 0 Å². The van der Waals surface area contributed by atoms with Crippen LogP contribution >= 0.6 is 0 Å². The van der Waals surface area contributed by atoms with E-state index in [1.165, 1.54) is 43.6 Å². The smallest absolute Gasteiger partial charge is 0.147 e. The van der Waals surface area contributed by atoms with Crippen molar-refractivity contribution < 1.29 is 0 Å². The van der Waals surface area contributed by atoms with Crippen molar-refractivity contribution in [3.8, 4) is 56.6 Å². The number of benzene rings is 10. The number of hydrogen-bond acceptors (Lipinski definition) is 2. The summed E-state index contributed by atoms with van der Waals surface area (Å²) in [5.41, 5.74) is 16.6. The molecule has 0 spiro atoms. The van der Waals surface area contributed by atoms with Gasteiger partial charge in [-0.25, -0.2) is 4.98 Å². The van der Waals surface area contributed by atoms with Gasteiger partial charge in [-0.1, -0.05) is 146 Å². The Kier molecular flexibility index (Phi) is 8.58. The van der Waals surface area contributed by atoms with E-state index in [-0.39, 0.29) is 0 Å². The number of nitrogens with zero attached hydrogens (tertiary/aromatic N) is 5. The molecule has 14 aromatic rings. The van der Waals surface area contributed by atoms with Gasteiger partial charge in [-0.05, 0) is 119 Å². The maximum Gasteiger partial charge on any atom is 0.147 e. The van der Waals surface area contributed by atoms with Gasteiger partial charge in [0.05, 0.1) is 44.2 Å². The molecule has 5 nitrogen and oxygen atoms in total. The summed E-state index contributed by atoms with van der Waals surface area (Å²) in [6.45, 7) is 0. The lowest BCUT2D eigenvalue weighted by atomic mass is 9.97. The fraction of sp³-hybridized carbons (Fsp3) is 0. The number of aromatic nitrogens is 4. The number of nitriles is 1. The van der Waals surface area contributed by atoms with Gasteiger partial charge in [0.25, 0.3) is 0 Å². The molecule has 14 rings (SSSR count). The van der Waals surface area contributed by atoms with Crippen LogP contribution in [0.5, 0.6) is 0 Å². The molecule has 0 aliphatic rings. The Morgan fingerprint density at radius 2 is 0.667 bits per heavy atom. The van der Waals surface area contributed by atoms with Gasteiger partial charge in [-0.2, -0.15) is 5.26 Å². The zero-order valence-electron chi connectivity index (χ0n) is 37.3. The van der Waals surface area contributed by atoms with E-state index < -0.39 is 0 Å². The van der Waals surface area contributed by atoms with Crippen LogP contribution in [-0.4, -0.2) is 18.7 Å². The molecule has 5 heteroatoms. The SMILES string of the molecule is N#Cc1c(-c2ccccc2)c(-n2c3ccc(-c4ccc5c(c4)c4ccccc4n5-c4ccccc4)cc3c3cc(-c4ccc5c(c4)c4ccccc4n5-c4ccccc4)ccc32)nc2ccccc12. The summed E-state index contributed by atoms with van der Waals surface area (Å²) in [5, 5.41) is 18.9. The van der Waals surface area contributed by atoms with Crippen molar-refractivity contribution in [1.82, 2.24) is 18.7 Å². The maximum atomic E-state index is 11.0. The van der Waals surface area contributed by atoms with Crippen molar-refractivity contribution in [2.75, 3.05) is 0 Å². The van der Waals surface area contributed by atoms with Crippen LogP contribution in [0.2, 0.25) is 0 Å². The van der Waals surface area contributed by atoms with E-state index in [4.69, 9.17) is 4.98 Å². The largest absolute Gasteiger partial charge is 0.309 e. The Balaban J connectivity index is 1.02. The second kappa shape index (κ2) is 15.3. The summed E-state index contributed by atoms with van der Waals surface area (Å²) < 4.78 is 7.00. The minimum Gasteiger partial charge on any atom is -0.309 e. The Hall–Kier alpha value is -9.50. The summed E-state index contributed by atoms with van der Waals surface area (Å²) in [6.07, 6.45) is 0. The summed E-state index contributed by atoms with van der Waals surface area (Å²) in [4.78, 5) is 5.45. The van der Waals surface area contributed by atoms with Gasteiger partial charge in [-0.15, -0.1) is 0 Å². The first-order chi connectivity index (χ1) is 34.2. The average Bonchev–Trinajstić information content (AvgIpc) is 4.05. The van der Waals surface area contributed by atoms with Crippen LogP contribution in [-0.2, 0) is 0 Å². The molecule has 0 aliphatic heterocycles. The van der Waals surface area contributed by atoms with Gasteiger partial charge < -0.3 is 9.13 Å². The monoisotopic (exact) mass is 877 g/mol. The lowest BCUT2D eigenvalue weighted by molar-refractivity contribution is 1.10. The van der Waals surface area contributed by atoms with Crippen molar-refractivity contribution in [1.29, 1.82) is 5.26 Å². The third kappa shape index (κ3) is 5.93. The Bertz CT molecular complexity index is 4200. The first-order valence-corrected chi connectivity index (χ1v) is 23.3. The number of para-hydroxylation sites is 5. The molecule has 0 unspecified atom stereocenters. The van der Waals surface area contributed by atoms with E-state index >= 15 is 0 Å². The fourth-order valence-electron chi connectivity index (χ4n) is 11.0. The van der Waals surface area contributed by atoms with Crippen LogP contribution in [0.25, 0.3) is 127 Å². The van der Waals surface area contributed by atoms with Crippen LogP contribution in [0.15, 0.2) is 237 Å². The molecule has 0 saturated heterocycles. The van der Waals surface area contributed by atoms with Crippen LogP contribution in [0.1, 0.15) is 5.56 Å². The third-order valence-corrected chi connectivity index (χ3v) is 14.1. The Morgan fingerprint density at radius 3 is 1.13 bits per heavy atom. The number of hydrogen-bond donors (Lipinski definition) is 0. The van der Waals surface area contributed by atoms with Crippen LogP contribution < -0.4 is 0 Å². The molecule has 69 heavy (non-hydrogen) atoms. The highest BCUT2D eigenvalue weighted by Gasteiger charge is 2.24. The summed E-state index contributed by atoms with van der Waals surface area (Å²) in [7, 11) is 0. The highest BCUT2D eigenvalue weighted by Crippen LogP contribution is 2.43. The Morgan fingerprint density at radius 1 is 0.304 bits per heavy atom. The standard InChI is InChI=1S/C64H39N5/c65-40-55-48-22-10-13-25-56(48)66-64(63(55)41-16-4-1-5-17-41)69-61-34-30-44(42-28-32-59-51(36-42)49-23-11-14-26-57(49)67(59)46-18-6-2-7-19-46)38-53(61)54-39-45(31-35-62(54)69)43-29-33-60-52(37-43)50-24-12-15-27-58(50)68(60)47-20-8-3-9-21-47/h1-39H. The van der Waals surface area contributed by atoms with E-state index in [2.05, 4.69) is 214 Å². The summed E-state index contributed by atoms with van der Waals surface area (Å²) in [5.74, 6) is 0.724. The first-order valence-electron chi connectivity index (χ1n) is 23.3. The zero-order chi connectivity index (χ0) is 45.6. The maximum absolute atomic E-state index is 11.0. The first kappa shape index (κ1) is 38.7. The lowest BCUT2D eigenvalue weighted by Gasteiger charge is -2.17. The molecule has 0 fully saturated rings.